The van der Waals surface area contributed by atoms with Crippen molar-refractivity contribution in [1.29, 1.82) is 0 Å². The minimum absolute atomic E-state index is 0.00467. The standard InChI is InChI=1S/C21H16O4/c22-18(16-5-2-1-3-6-16)14-11-15-9-12-17(13-10-15)25-21-19(23)7-4-8-20(21)24/h1-14,23-24H. The van der Waals surface area contributed by atoms with Gasteiger partial charge in [0.05, 0.1) is 0 Å². The Morgan fingerprint density at radius 1 is 0.800 bits per heavy atom. The number of ether oxygens (including phenoxy) is 1. The SMILES string of the molecule is O=C(C=Cc1ccc(Oc2c(O)cccc2O)cc1)c1ccccc1. The van der Waals surface area contributed by atoms with E-state index in [2.05, 4.69) is 0 Å². The van der Waals surface area contributed by atoms with Crippen LogP contribution in [0, 0.1) is 0 Å². The van der Waals surface area contributed by atoms with Crippen LogP contribution in [0.5, 0.6) is 23.0 Å². The van der Waals surface area contributed by atoms with E-state index >= 15 is 0 Å². The van der Waals surface area contributed by atoms with E-state index in [9.17, 15) is 15.0 Å². The van der Waals surface area contributed by atoms with Gasteiger partial charge >= 0.3 is 0 Å². The van der Waals surface area contributed by atoms with E-state index in [0.717, 1.165) is 5.56 Å². The number of aromatic hydroxyl groups is 2. The molecule has 0 aliphatic carbocycles. The molecule has 0 unspecified atom stereocenters. The van der Waals surface area contributed by atoms with Crippen molar-refractivity contribution in [2.45, 2.75) is 0 Å². The van der Waals surface area contributed by atoms with Crippen LogP contribution < -0.4 is 4.74 Å². The lowest BCUT2D eigenvalue weighted by Gasteiger charge is -2.09. The summed E-state index contributed by atoms with van der Waals surface area (Å²) in [6, 6.07) is 20.4. The molecule has 4 heteroatoms. The van der Waals surface area contributed by atoms with Crippen LogP contribution in [-0.2, 0) is 0 Å². The molecule has 4 nitrogen and oxygen atoms in total. The molecule has 0 fully saturated rings. The molecule has 25 heavy (non-hydrogen) atoms. The number of carbonyl (C=O) groups excluding carboxylic acids is 1. The first kappa shape index (κ1) is 16.3. The Morgan fingerprint density at radius 3 is 2.08 bits per heavy atom. The maximum absolute atomic E-state index is 12.0. The minimum Gasteiger partial charge on any atom is -0.504 e. The summed E-state index contributed by atoms with van der Waals surface area (Å²) in [5.74, 6) is 0.114. The third-order valence-electron chi connectivity index (χ3n) is 3.56. The summed E-state index contributed by atoms with van der Waals surface area (Å²) >= 11 is 0. The zero-order valence-electron chi connectivity index (χ0n) is 13.3. The number of phenols is 2. The lowest BCUT2D eigenvalue weighted by atomic mass is 10.1. The largest absolute Gasteiger partial charge is 0.504 e. The van der Waals surface area contributed by atoms with Crippen molar-refractivity contribution >= 4 is 11.9 Å². The van der Waals surface area contributed by atoms with Gasteiger partial charge in [-0.15, -0.1) is 0 Å². The van der Waals surface area contributed by atoms with E-state index in [-0.39, 0.29) is 23.0 Å². The van der Waals surface area contributed by atoms with Gasteiger partial charge in [0.2, 0.25) is 5.75 Å². The molecule has 0 radical (unpaired) electrons. The van der Waals surface area contributed by atoms with Crippen molar-refractivity contribution in [1.82, 2.24) is 0 Å². The summed E-state index contributed by atoms with van der Waals surface area (Å²) in [6.45, 7) is 0. The summed E-state index contributed by atoms with van der Waals surface area (Å²) in [5, 5.41) is 19.5. The molecule has 0 spiro atoms. The Labute approximate surface area is 145 Å². The Bertz CT molecular complexity index is 877. The molecule has 0 amide bonds. The van der Waals surface area contributed by atoms with Gasteiger partial charge in [0.15, 0.2) is 17.3 Å². The van der Waals surface area contributed by atoms with Gasteiger partial charge in [-0.25, -0.2) is 0 Å². The quantitative estimate of drug-likeness (QED) is 0.521. The fourth-order valence-electron chi connectivity index (χ4n) is 2.25. The highest BCUT2D eigenvalue weighted by molar-refractivity contribution is 6.06. The van der Waals surface area contributed by atoms with Crippen LogP contribution in [0.15, 0.2) is 78.9 Å². The Hall–Kier alpha value is -3.53. The second kappa shape index (κ2) is 7.36. The van der Waals surface area contributed by atoms with Crippen LogP contribution in [0.2, 0.25) is 0 Å². The third kappa shape index (κ3) is 4.06. The molecule has 0 atom stereocenters. The maximum Gasteiger partial charge on any atom is 0.210 e. The van der Waals surface area contributed by atoms with Crippen molar-refractivity contribution < 1.29 is 19.7 Å². The highest BCUT2D eigenvalue weighted by atomic mass is 16.5. The first-order valence-corrected chi connectivity index (χ1v) is 7.70. The van der Waals surface area contributed by atoms with E-state index in [0.29, 0.717) is 11.3 Å². The van der Waals surface area contributed by atoms with Gasteiger partial charge < -0.3 is 14.9 Å². The molecule has 3 aromatic carbocycles. The summed E-state index contributed by atoms with van der Waals surface area (Å²) < 4.78 is 5.50. The predicted octanol–water partition coefficient (Wildman–Crippen LogP) is 4.79. The van der Waals surface area contributed by atoms with E-state index < -0.39 is 0 Å². The molecule has 0 saturated carbocycles. The van der Waals surface area contributed by atoms with Gasteiger partial charge in [-0.1, -0.05) is 54.6 Å². The highest BCUT2D eigenvalue weighted by Gasteiger charge is 2.09. The number of rotatable bonds is 5. The number of carbonyl (C=O) groups is 1. The number of benzene rings is 3. The second-order valence-electron chi connectivity index (χ2n) is 5.36. The number of hydrogen-bond donors (Lipinski definition) is 2. The fourth-order valence-corrected chi connectivity index (χ4v) is 2.25. The van der Waals surface area contributed by atoms with Crippen LogP contribution in [0.1, 0.15) is 15.9 Å². The number of para-hydroxylation sites is 1. The minimum atomic E-state index is -0.141. The summed E-state index contributed by atoms with van der Waals surface area (Å²) in [4.78, 5) is 12.0. The molecule has 2 N–H and O–H groups in total. The lowest BCUT2D eigenvalue weighted by molar-refractivity contribution is 0.104. The Balaban J connectivity index is 1.70. The van der Waals surface area contributed by atoms with Gasteiger partial charge in [-0.3, -0.25) is 4.79 Å². The molecular weight excluding hydrogens is 316 g/mol. The van der Waals surface area contributed by atoms with Crippen molar-refractivity contribution in [2.75, 3.05) is 0 Å². The molecular formula is C21H16O4. The van der Waals surface area contributed by atoms with Gasteiger partial charge in [0.25, 0.3) is 0 Å². The van der Waals surface area contributed by atoms with E-state index in [1.807, 2.05) is 18.2 Å². The molecule has 0 heterocycles. The Morgan fingerprint density at radius 2 is 1.44 bits per heavy atom. The van der Waals surface area contributed by atoms with Gasteiger partial charge in [0, 0.05) is 5.56 Å². The first-order valence-electron chi connectivity index (χ1n) is 7.70. The van der Waals surface area contributed by atoms with Gasteiger partial charge in [-0.2, -0.15) is 0 Å². The normalized spacial score (nSPS) is 10.7. The first-order chi connectivity index (χ1) is 12.1. The van der Waals surface area contributed by atoms with E-state index in [1.165, 1.54) is 24.3 Å². The Kier molecular flexibility index (Phi) is 4.81. The number of hydrogen-bond acceptors (Lipinski definition) is 4. The maximum atomic E-state index is 12.0. The van der Waals surface area contributed by atoms with E-state index in [4.69, 9.17) is 4.74 Å². The van der Waals surface area contributed by atoms with Crippen molar-refractivity contribution in [3.8, 4) is 23.0 Å². The topological polar surface area (TPSA) is 66.8 Å². The van der Waals surface area contributed by atoms with Gasteiger partial charge in [-0.05, 0) is 35.9 Å². The molecule has 3 rings (SSSR count). The van der Waals surface area contributed by atoms with Crippen LogP contribution in [0.25, 0.3) is 6.08 Å². The van der Waals surface area contributed by atoms with Crippen molar-refractivity contribution in [3.05, 3.63) is 90.0 Å². The molecule has 0 bridgehead atoms. The molecule has 0 saturated heterocycles. The van der Waals surface area contributed by atoms with E-state index in [1.54, 1.807) is 42.5 Å². The number of allylic oxidation sites excluding steroid dienone is 1. The van der Waals surface area contributed by atoms with Crippen LogP contribution in [-0.4, -0.2) is 16.0 Å². The van der Waals surface area contributed by atoms with Crippen molar-refractivity contribution in [3.63, 3.8) is 0 Å². The second-order valence-corrected chi connectivity index (χ2v) is 5.36. The number of phenolic OH excluding ortho intramolecular Hbond substituents is 2. The molecule has 0 aliphatic heterocycles. The predicted molar refractivity (Wildman–Crippen MR) is 96.1 cm³/mol. The smallest absolute Gasteiger partial charge is 0.210 e. The molecule has 3 aromatic rings. The zero-order valence-corrected chi connectivity index (χ0v) is 13.3. The average Bonchev–Trinajstić information content (AvgIpc) is 2.64. The average molecular weight is 332 g/mol. The van der Waals surface area contributed by atoms with Gasteiger partial charge in [0.1, 0.15) is 5.75 Å². The molecule has 124 valence electrons. The third-order valence-corrected chi connectivity index (χ3v) is 3.56. The van der Waals surface area contributed by atoms with Crippen LogP contribution in [0.3, 0.4) is 0 Å². The summed E-state index contributed by atoms with van der Waals surface area (Å²) in [5.41, 5.74) is 1.46. The molecule has 0 aromatic heterocycles. The highest BCUT2D eigenvalue weighted by Crippen LogP contribution is 2.38. The molecule has 0 aliphatic rings. The van der Waals surface area contributed by atoms with Crippen LogP contribution >= 0.6 is 0 Å². The summed E-state index contributed by atoms with van der Waals surface area (Å²) in [7, 11) is 0. The zero-order chi connectivity index (χ0) is 17.6. The number of ketones is 1. The lowest BCUT2D eigenvalue weighted by Crippen LogP contribution is -1.92. The monoisotopic (exact) mass is 332 g/mol. The van der Waals surface area contributed by atoms with Crippen LogP contribution in [0.4, 0.5) is 0 Å². The fraction of sp³-hybridized carbons (Fsp3) is 0. The van der Waals surface area contributed by atoms with Crippen molar-refractivity contribution in [2.24, 2.45) is 0 Å². The summed E-state index contributed by atoms with van der Waals surface area (Å²) in [6.07, 6.45) is 3.23.